The highest BCUT2D eigenvalue weighted by Crippen LogP contribution is 2.12. The highest BCUT2D eigenvalue weighted by atomic mass is 16.5. The average Bonchev–Trinajstić information content (AvgIpc) is 2.90. The highest BCUT2D eigenvalue weighted by molar-refractivity contribution is 5.93. The first-order valence-electron chi connectivity index (χ1n) is 5.92. The molecule has 0 aliphatic rings. The van der Waals surface area contributed by atoms with E-state index in [-0.39, 0.29) is 11.9 Å². The Kier molecular flexibility index (Phi) is 3.77. The maximum atomic E-state index is 12.3. The summed E-state index contributed by atoms with van der Waals surface area (Å²) in [6, 6.07) is 10.0. The zero-order chi connectivity index (χ0) is 13.0. The molecule has 0 saturated carbocycles. The second-order valence-corrected chi connectivity index (χ2v) is 4.43. The Morgan fingerprint density at radius 2 is 2.06 bits per heavy atom. The largest absolute Gasteiger partial charge is 0.364 e. The summed E-state index contributed by atoms with van der Waals surface area (Å²) in [6.07, 6.45) is 2.82. The van der Waals surface area contributed by atoms with Crippen LogP contribution in [0.1, 0.15) is 29.8 Å². The Morgan fingerprint density at radius 1 is 1.33 bits per heavy atom. The van der Waals surface area contributed by atoms with Gasteiger partial charge in [-0.2, -0.15) is 0 Å². The summed E-state index contributed by atoms with van der Waals surface area (Å²) >= 11 is 0. The molecule has 94 valence electrons. The molecule has 0 bridgehead atoms. The van der Waals surface area contributed by atoms with Gasteiger partial charge < -0.3 is 9.42 Å². The minimum atomic E-state index is -0.0601. The molecule has 0 N–H and O–H groups in total. The van der Waals surface area contributed by atoms with Crippen molar-refractivity contribution < 1.29 is 9.32 Å². The van der Waals surface area contributed by atoms with Crippen LogP contribution in [0, 0.1) is 0 Å². The minimum Gasteiger partial charge on any atom is -0.364 e. The zero-order valence-corrected chi connectivity index (χ0v) is 10.5. The molecular formula is C14H16N2O2. The van der Waals surface area contributed by atoms with Gasteiger partial charge in [0, 0.05) is 12.6 Å². The summed E-state index contributed by atoms with van der Waals surface area (Å²) in [5.41, 5.74) is 1.59. The van der Waals surface area contributed by atoms with Crippen LogP contribution in [-0.4, -0.2) is 22.0 Å². The van der Waals surface area contributed by atoms with Gasteiger partial charge in [-0.05, 0) is 19.4 Å². The summed E-state index contributed by atoms with van der Waals surface area (Å²) in [5.74, 6) is -0.0601. The normalized spacial score (nSPS) is 10.6. The molecule has 0 radical (unpaired) electrons. The molecule has 1 heterocycles. The smallest absolute Gasteiger partial charge is 0.259 e. The number of benzene rings is 1. The maximum absolute atomic E-state index is 12.3. The van der Waals surface area contributed by atoms with Crippen LogP contribution in [-0.2, 0) is 6.54 Å². The second kappa shape index (κ2) is 5.49. The lowest BCUT2D eigenvalue weighted by atomic mass is 10.1. The van der Waals surface area contributed by atoms with Crippen LogP contribution in [0.4, 0.5) is 0 Å². The lowest BCUT2D eigenvalue weighted by Crippen LogP contribution is -2.36. The number of nitrogens with zero attached hydrogens (tertiary/aromatic N) is 2. The van der Waals surface area contributed by atoms with Crippen molar-refractivity contribution >= 4 is 5.91 Å². The third-order valence-electron chi connectivity index (χ3n) is 2.76. The van der Waals surface area contributed by atoms with Gasteiger partial charge in [0.25, 0.3) is 5.91 Å². The number of carbonyl (C=O) groups is 1. The Labute approximate surface area is 106 Å². The predicted octanol–water partition coefficient (Wildman–Crippen LogP) is 2.73. The van der Waals surface area contributed by atoms with Crippen LogP contribution in [0.25, 0.3) is 0 Å². The molecule has 0 fully saturated rings. The average molecular weight is 244 g/mol. The van der Waals surface area contributed by atoms with Crippen molar-refractivity contribution in [1.82, 2.24) is 10.1 Å². The van der Waals surface area contributed by atoms with Crippen LogP contribution in [0.2, 0.25) is 0 Å². The molecule has 1 aromatic heterocycles. The van der Waals surface area contributed by atoms with Crippen molar-refractivity contribution in [1.29, 1.82) is 0 Å². The van der Waals surface area contributed by atoms with Crippen molar-refractivity contribution in [3.63, 3.8) is 0 Å². The third-order valence-corrected chi connectivity index (χ3v) is 2.76. The SMILES string of the molecule is CC(C)N(Cc1ccccc1)C(=O)c1cnoc1. The summed E-state index contributed by atoms with van der Waals surface area (Å²) in [4.78, 5) is 14.1. The van der Waals surface area contributed by atoms with Gasteiger partial charge in [0.1, 0.15) is 6.26 Å². The van der Waals surface area contributed by atoms with Crippen LogP contribution in [0.15, 0.2) is 47.3 Å². The van der Waals surface area contributed by atoms with Gasteiger partial charge in [0.05, 0.1) is 11.8 Å². The second-order valence-electron chi connectivity index (χ2n) is 4.43. The van der Waals surface area contributed by atoms with Crippen LogP contribution < -0.4 is 0 Å². The van der Waals surface area contributed by atoms with Crippen molar-refractivity contribution in [3.8, 4) is 0 Å². The first-order chi connectivity index (χ1) is 8.68. The molecule has 4 nitrogen and oxygen atoms in total. The molecule has 0 atom stereocenters. The molecule has 0 spiro atoms. The number of amides is 1. The van der Waals surface area contributed by atoms with Gasteiger partial charge in [-0.1, -0.05) is 35.5 Å². The van der Waals surface area contributed by atoms with Gasteiger partial charge in [0.2, 0.25) is 0 Å². The Bertz CT molecular complexity index is 492. The van der Waals surface area contributed by atoms with Gasteiger partial charge in [-0.15, -0.1) is 0 Å². The molecule has 0 aliphatic carbocycles. The molecule has 2 rings (SSSR count). The lowest BCUT2D eigenvalue weighted by molar-refractivity contribution is 0.0689. The third kappa shape index (κ3) is 2.77. The first kappa shape index (κ1) is 12.4. The van der Waals surface area contributed by atoms with E-state index < -0.39 is 0 Å². The van der Waals surface area contributed by atoms with Crippen LogP contribution >= 0.6 is 0 Å². The molecule has 0 saturated heterocycles. The van der Waals surface area contributed by atoms with E-state index in [1.54, 1.807) is 4.90 Å². The van der Waals surface area contributed by atoms with E-state index >= 15 is 0 Å². The van der Waals surface area contributed by atoms with Gasteiger partial charge in [0.15, 0.2) is 0 Å². The molecule has 4 heteroatoms. The molecule has 0 unspecified atom stereocenters. The van der Waals surface area contributed by atoms with E-state index in [0.29, 0.717) is 12.1 Å². The Balaban J connectivity index is 2.17. The zero-order valence-electron chi connectivity index (χ0n) is 10.5. The van der Waals surface area contributed by atoms with Crippen molar-refractivity contribution in [2.45, 2.75) is 26.4 Å². The van der Waals surface area contributed by atoms with E-state index in [1.165, 1.54) is 12.5 Å². The molecule has 1 amide bonds. The fraction of sp³-hybridized carbons (Fsp3) is 0.286. The van der Waals surface area contributed by atoms with E-state index in [2.05, 4.69) is 5.16 Å². The minimum absolute atomic E-state index is 0.0601. The van der Waals surface area contributed by atoms with Gasteiger partial charge in [-0.25, -0.2) is 0 Å². The summed E-state index contributed by atoms with van der Waals surface area (Å²) < 4.78 is 4.72. The van der Waals surface area contributed by atoms with E-state index in [0.717, 1.165) is 5.56 Å². The number of hydrogen-bond donors (Lipinski definition) is 0. The number of aromatic nitrogens is 1. The Morgan fingerprint density at radius 3 is 2.61 bits per heavy atom. The number of rotatable bonds is 4. The molecule has 2 aromatic rings. The fourth-order valence-corrected chi connectivity index (χ4v) is 1.75. The monoisotopic (exact) mass is 244 g/mol. The summed E-state index contributed by atoms with van der Waals surface area (Å²) in [7, 11) is 0. The topological polar surface area (TPSA) is 46.3 Å². The van der Waals surface area contributed by atoms with E-state index in [1.807, 2.05) is 44.2 Å². The standard InChI is InChI=1S/C14H16N2O2/c1-11(2)16(9-12-6-4-3-5-7-12)14(17)13-8-15-18-10-13/h3-8,10-11H,9H2,1-2H3. The number of carbonyl (C=O) groups excluding carboxylic acids is 1. The predicted molar refractivity (Wildman–Crippen MR) is 68.0 cm³/mol. The van der Waals surface area contributed by atoms with Gasteiger partial charge in [-0.3, -0.25) is 4.79 Å². The summed E-state index contributed by atoms with van der Waals surface area (Å²) in [5, 5.41) is 3.57. The maximum Gasteiger partial charge on any atom is 0.259 e. The van der Waals surface area contributed by atoms with Crippen LogP contribution in [0.5, 0.6) is 0 Å². The van der Waals surface area contributed by atoms with Gasteiger partial charge >= 0.3 is 0 Å². The van der Waals surface area contributed by atoms with Crippen molar-refractivity contribution in [2.24, 2.45) is 0 Å². The first-order valence-corrected chi connectivity index (χ1v) is 5.92. The van der Waals surface area contributed by atoms with E-state index in [9.17, 15) is 4.79 Å². The summed E-state index contributed by atoms with van der Waals surface area (Å²) in [6.45, 7) is 4.57. The van der Waals surface area contributed by atoms with E-state index in [4.69, 9.17) is 4.52 Å². The molecular weight excluding hydrogens is 228 g/mol. The highest BCUT2D eigenvalue weighted by Gasteiger charge is 2.20. The van der Waals surface area contributed by atoms with Crippen LogP contribution in [0.3, 0.4) is 0 Å². The molecule has 1 aromatic carbocycles. The lowest BCUT2D eigenvalue weighted by Gasteiger charge is -2.26. The molecule has 18 heavy (non-hydrogen) atoms. The fourth-order valence-electron chi connectivity index (χ4n) is 1.75. The Hall–Kier alpha value is -2.10. The molecule has 0 aliphatic heterocycles. The van der Waals surface area contributed by atoms with Crippen molar-refractivity contribution in [2.75, 3.05) is 0 Å². The quantitative estimate of drug-likeness (QED) is 0.830. The number of hydrogen-bond acceptors (Lipinski definition) is 3. The van der Waals surface area contributed by atoms with Crippen molar-refractivity contribution in [3.05, 3.63) is 53.9 Å².